The molecule has 44 heavy (non-hydrogen) atoms. The Morgan fingerprint density at radius 1 is 1.09 bits per heavy atom. The molecule has 1 aromatic heterocycles. The average molecular weight is 613 g/mol. The fraction of sp³-hybridized carbons (Fsp3) is 0.447. The summed E-state index contributed by atoms with van der Waals surface area (Å²) in [6, 6.07) is 17.1. The number of allylic oxidation sites excluding steroid dienone is 1. The number of ether oxygens (including phenoxy) is 1. The van der Waals surface area contributed by atoms with E-state index in [2.05, 4.69) is 37.9 Å². The van der Waals surface area contributed by atoms with Crippen molar-refractivity contribution in [1.82, 2.24) is 0 Å². The molecule has 0 bridgehead atoms. The maximum atomic E-state index is 13.6. The van der Waals surface area contributed by atoms with Gasteiger partial charge in [-0.1, -0.05) is 43.7 Å². The number of benzene rings is 2. The Morgan fingerprint density at radius 2 is 1.91 bits per heavy atom. The zero-order valence-electron chi connectivity index (χ0n) is 26.5. The number of aryl methyl sites for hydroxylation is 1. The van der Waals surface area contributed by atoms with Crippen LogP contribution in [0.1, 0.15) is 81.7 Å². The van der Waals surface area contributed by atoms with Gasteiger partial charge >= 0.3 is 0 Å². The number of thiophene rings is 1. The first-order valence-electron chi connectivity index (χ1n) is 16.1. The van der Waals surface area contributed by atoms with Crippen molar-refractivity contribution in [1.29, 1.82) is 0 Å². The minimum Gasteiger partial charge on any atom is -0.497 e. The molecule has 4 unspecified atom stereocenters. The lowest BCUT2D eigenvalue weighted by molar-refractivity contribution is -0.123. The third kappa shape index (κ3) is 8.41. The van der Waals surface area contributed by atoms with Crippen molar-refractivity contribution in [2.24, 2.45) is 33.7 Å². The second-order valence-corrected chi connectivity index (χ2v) is 13.9. The lowest BCUT2D eigenvalue weighted by Crippen LogP contribution is -2.21. The van der Waals surface area contributed by atoms with Crippen LogP contribution < -0.4 is 4.74 Å². The van der Waals surface area contributed by atoms with E-state index in [0.29, 0.717) is 17.8 Å². The van der Waals surface area contributed by atoms with E-state index in [1.165, 1.54) is 44.3 Å². The second-order valence-electron chi connectivity index (χ2n) is 12.9. The van der Waals surface area contributed by atoms with Crippen molar-refractivity contribution in [3.05, 3.63) is 88.2 Å². The summed E-state index contributed by atoms with van der Waals surface area (Å²) in [5.74, 6) is 2.02. The summed E-state index contributed by atoms with van der Waals surface area (Å²) < 4.78 is 18.9. The molecule has 0 spiro atoms. The summed E-state index contributed by atoms with van der Waals surface area (Å²) in [6.45, 7) is 6.72. The highest BCUT2D eigenvalue weighted by molar-refractivity contribution is 7.17. The van der Waals surface area contributed by atoms with E-state index in [0.717, 1.165) is 69.1 Å². The summed E-state index contributed by atoms with van der Waals surface area (Å²) in [5, 5.41) is 0. The number of carbonyl (C=O) groups is 1. The van der Waals surface area contributed by atoms with Crippen LogP contribution in [0.25, 0.3) is 10.4 Å². The molecular weight excluding hydrogens is 567 g/mol. The average Bonchev–Trinajstić information content (AvgIpc) is 3.39. The number of halogens is 1. The molecule has 0 saturated heterocycles. The van der Waals surface area contributed by atoms with E-state index < -0.39 is 0 Å². The highest BCUT2D eigenvalue weighted by Gasteiger charge is 2.30. The number of amides is 1. The third-order valence-electron chi connectivity index (χ3n) is 9.25. The molecule has 2 heterocycles. The quantitative estimate of drug-likeness (QED) is 0.238. The zero-order valence-corrected chi connectivity index (χ0v) is 27.3. The molecule has 5 rings (SSSR count). The van der Waals surface area contributed by atoms with Gasteiger partial charge in [-0.05, 0) is 129 Å². The van der Waals surface area contributed by atoms with Crippen LogP contribution >= 0.6 is 11.3 Å². The highest BCUT2D eigenvalue weighted by atomic mass is 32.1. The Morgan fingerprint density at radius 3 is 2.70 bits per heavy atom. The normalized spacial score (nSPS) is 22.7. The van der Waals surface area contributed by atoms with Gasteiger partial charge in [0.05, 0.1) is 17.7 Å². The molecule has 6 heteroatoms. The van der Waals surface area contributed by atoms with E-state index >= 15 is 0 Å². The highest BCUT2D eigenvalue weighted by Crippen LogP contribution is 2.39. The molecule has 4 atom stereocenters. The fourth-order valence-corrected chi connectivity index (χ4v) is 7.88. The number of hydrogen-bond acceptors (Lipinski definition) is 4. The fourth-order valence-electron chi connectivity index (χ4n) is 6.69. The van der Waals surface area contributed by atoms with Gasteiger partial charge in [0.15, 0.2) is 0 Å². The predicted molar refractivity (Wildman–Crippen MR) is 182 cm³/mol. The molecule has 3 aromatic rings. The Hall–Kier alpha value is -3.38. The molecule has 0 radical (unpaired) electrons. The standard InChI is InChI=1S/C38H45FN2O2S/c1-25-10-17-34(38(42)40-18-6-8-28-7-5-9-33(21-28)43-4)27(3)11-12-29(19-25)22-35-37-31(20-26(2)24-41-35)23-36(44-37)30-13-15-32(39)16-14-30/h5,7,9,13-16,18,21,23-25,27,29,34H,6,8,10-12,17,19-20,22H2,1-4H3. The van der Waals surface area contributed by atoms with E-state index in [9.17, 15) is 9.18 Å². The minimum atomic E-state index is -0.211. The number of carbonyl (C=O) groups excluding carboxylic acids is 1. The topological polar surface area (TPSA) is 51.0 Å². The molecule has 1 amide bonds. The van der Waals surface area contributed by atoms with E-state index in [-0.39, 0.29) is 17.6 Å². The molecule has 1 aliphatic heterocycles. The van der Waals surface area contributed by atoms with Gasteiger partial charge in [0, 0.05) is 23.2 Å². The lowest BCUT2D eigenvalue weighted by Gasteiger charge is -2.22. The second kappa shape index (κ2) is 15.1. The van der Waals surface area contributed by atoms with Gasteiger partial charge in [-0.2, -0.15) is 0 Å². The van der Waals surface area contributed by atoms with Crippen LogP contribution in [0, 0.1) is 29.5 Å². The Labute approximate surface area is 266 Å². The predicted octanol–water partition coefficient (Wildman–Crippen LogP) is 9.90. The summed E-state index contributed by atoms with van der Waals surface area (Å²) in [7, 11) is 1.68. The first-order valence-corrected chi connectivity index (χ1v) is 16.9. The first-order chi connectivity index (χ1) is 21.3. The van der Waals surface area contributed by atoms with Crippen LogP contribution in [-0.2, 0) is 17.6 Å². The summed E-state index contributed by atoms with van der Waals surface area (Å²) in [6.07, 6.45) is 12.5. The smallest absolute Gasteiger partial charge is 0.248 e. The van der Waals surface area contributed by atoms with Gasteiger partial charge in [-0.25, -0.2) is 9.38 Å². The van der Waals surface area contributed by atoms with Gasteiger partial charge < -0.3 is 4.74 Å². The van der Waals surface area contributed by atoms with Gasteiger partial charge in [0.25, 0.3) is 0 Å². The Balaban J connectivity index is 1.23. The molecule has 1 fully saturated rings. The van der Waals surface area contributed by atoms with Crippen LogP contribution in [0.15, 0.2) is 76.4 Å². The number of methoxy groups -OCH3 is 1. The van der Waals surface area contributed by atoms with Crippen molar-refractivity contribution in [3.63, 3.8) is 0 Å². The van der Waals surface area contributed by atoms with Crippen LogP contribution in [0.2, 0.25) is 0 Å². The van der Waals surface area contributed by atoms with Gasteiger partial charge in [-0.15, -0.1) is 11.3 Å². The van der Waals surface area contributed by atoms with Crippen LogP contribution in [0.3, 0.4) is 0 Å². The Bertz CT molecular complexity index is 1520. The molecular formula is C38H45FN2O2S. The van der Waals surface area contributed by atoms with Crippen molar-refractivity contribution in [2.45, 2.75) is 78.6 Å². The van der Waals surface area contributed by atoms with E-state index in [1.807, 2.05) is 42.7 Å². The summed E-state index contributed by atoms with van der Waals surface area (Å²) >= 11 is 1.78. The van der Waals surface area contributed by atoms with E-state index in [4.69, 9.17) is 9.73 Å². The maximum Gasteiger partial charge on any atom is 0.248 e. The van der Waals surface area contributed by atoms with Crippen LogP contribution in [0.5, 0.6) is 5.75 Å². The number of hydrogen-bond donors (Lipinski definition) is 0. The third-order valence-corrected chi connectivity index (χ3v) is 10.5. The minimum absolute atomic E-state index is 0.0211. The van der Waals surface area contributed by atoms with Crippen LogP contribution in [-0.4, -0.2) is 24.9 Å². The molecule has 1 aliphatic carbocycles. The molecule has 0 N–H and O–H groups in total. The maximum absolute atomic E-state index is 13.6. The van der Waals surface area contributed by atoms with E-state index in [1.54, 1.807) is 18.4 Å². The van der Waals surface area contributed by atoms with Crippen molar-refractivity contribution in [3.8, 4) is 16.2 Å². The number of nitrogens with zero attached hydrogens (tertiary/aromatic N) is 2. The van der Waals surface area contributed by atoms with Crippen molar-refractivity contribution < 1.29 is 13.9 Å². The zero-order chi connectivity index (χ0) is 31.1. The summed E-state index contributed by atoms with van der Waals surface area (Å²) in [5.41, 5.74) is 5.98. The monoisotopic (exact) mass is 612 g/mol. The molecule has 4 nitrogen and oxygen atoms in total. The number of fused-ring (bicyclic) bond motifs is 1. The largest absolute Gasteiger partial charge is 0.497 e. The lowest BCUT2D eigenvalue weighted by atomic mass is 9.84. The first kappa shape index (κ1) is 32.0. The van der Waals surface area contributed by atoms with Crippen LogP contribution in [0.4, 0.5) is 4.39 Å². The van der Waals surface area contributed by atoms with Crippen molar-refractivity contribution in [2.75, 3.05) is 7.11 Å². The van der Waals surface area contributed by atoms with Gasteiger partial charge in [-0.3, -0.25) is 9.79 Å². The SMILES string of the molecule is COc1cccc(CCC=NC(=O)C2CCC(C)CC(CC3=NC=C(C)Cc4cc(-c5ccc(F)cc5)sc43)CCC2C)c1. The Kier molecular flexibility index (Phi) is 11.0. The summed E-state index contributed by atoms with van der Waals surface area (Å²) in [4.78, 5) is 25.2. The molecule has 1 saturated carbocycles. The van der Waals surface area contributed by atoms with Crippen molar-refractivity contribution >= 4 is 29.2 Å². The van der Waals surface area contributed by atoms with Gasteiger partial charge in [0.2, 0.25) is 5.91 Å². The molecule has 2 aliphatic rings. The van der Waals surface area contributed by atoms with Gasteiger partial charge in [0.1, 0.15) is 11.6 Å². The number of rotatable bonds is 8. The molecule has 2 aromatic carbocycles. The molecule has 232 valence electrons. The number of aliphatic imine (C=N–C) groups is 2.